The quantitative estimate of drug-likeness (QED) is 0.283. The van der Waals surface area contributed by atoms with Gasteiger partial charge in [0.15, 0.2) is 0 Å². The first-order valence-electron chi connectivity index (χ1n) is 4.37. The smallest absolute Gasteiger partial charge is 0.335 e. The summed E-state index contributed by atoms with van der Waals surface area (Å²) in [6.45, 7) is 1.95. The van der Waals surface area contributed by atoms with Crippen molar-refractivity contribution in [1.29, 1.82) is 0 Å². The normalized spacial score (nSPS) is 10.9. The molecule has 80 valence electrons. The zero-order valence-corrected chi connectivity index (χ0v) is 8.37. The molecule has 0 spiro atoms. The minimum atomic E-state index is -0.576. The molecule has 0 aliphatic carbocycles. The van der Waals surface area contributed by atoms with Gasteiger partial charge in [0.05, 0.1) is 0 Å². The van der Waals surface area contributed by atoms with Crippen LogP contribution in [0.3, 0.4) is 0 Å². The SMILES string of the molecule is CCCCC(=O)O/N=C(\N)C(=O)NC. The maximum absolute atomic E-state index is 10.9. The Bertz CT molecular complexity index is 238. The van der Waals surface area contributed by atoms with E-state index in [-0.39, 0.29) is 12.3 Å². The number of carbonyl (C=O) groups excluding carboxylic acids is 2. The lowest BCUT2D eigenvalue weighted by atomic mass is 10.3. The first-order valence-corrected chi connectivity index (χ1v) is 4.37. The molecule has 6 heteroatoms. The predicted octanol–water partition coefficient (Wildman–Crippen LogP) is -0.262. The number of amides is 1. The molecule has 0 radical (unpaired) electrons. The van der Waals surface area contributed by atoms with Crippen LogP contribution in [0.4, 0.5) is 0 Å². The van der Waals surface area contributed by atoms with Crippen LogP contribution in [0.15, 0.2) is 5.16 Å². The number of nitrogens with zero attached hydrogens (tertiary/aromatic N) is 1. The van der Waals surface area contributed by atoms with Gasteiger partial charge in [0.1, 0.15) is 0 Å². The van der Waals surface area contributed by atoms with Crippen molar-refractivity contribution in [2.24, 2.45) is 10.9 Å². The maximum atomic E-state index is 10.9. The van der Waals surface area contributed by atoms with Crippen molar-refractivity contribution in [3.05, 3.63) is 0 Å². The number of hydrogen-bond donors (Lipinski definition) is 2. The third kappa shape index (κ3) is 5.13. The number of carbonyl (C=O) groups is 2. The summed E-state index contributed by atoms with van der Waals surface area (Å²) in [5.74, 6) is -1.43. The van der Waals surface area contributed by atoms with Crippen molar-refractivity contribution in [3.8, 4) is 0 Å². The number of nitrogens with two attached hydrogens (primary N) is 1. The van der Waals surface area contributed by atoms with Gasteiger partial charge in [-0.1, -0.05) is 18.5 Å². The molecular formula is C8H15N3O3. The predicted molar refractivity (Wildman–Crippen MR) is 51.3 cm³/mol. The van der Waals surface area contributed by atoms with E-state index in [9.17, 15) is 9.59 Å². The number of likely N-dealkylation sites (N-methyl/N-ethyl adjacent to an activating group) is 1. The highest BCUT2D eigenvalue weighted by atomic mass is 16.7. The van der Waals surface area contributed by atoms with Crippen LogP contribution in [0, 0.1) is 0 Å². The minimum absolute atomic E-state index is 0.279. The van der Waals surface area contributed by atoms with Gasteiger partial charge in [0, 0.05) is 13.5 Å². The van der Waals surface area contributed by atoms with Gasteiger partial charge in [0.25, 0.3) is 5.91 Å². The van der Waals surface area contributed by atoms with E-state index in [1.54, 1.807) is 0 Å². The number of unbranched alkanes of at least 4 members (excludes halogenated alkanes) is 1. The molecule has 0 aromatic rings. The Kier molecular flexibility index (Phi) is 6.09. The number of hydrogen-bond acceptors (Lipinski definition) is 4. The standard InChI is InChI=1S/C8H15N3O3/c1-3-4-5-6(12)14-11-7(9)8(13)10-2/h3-5H2,1-2H3,(H2,9,11)(H,10,13). The summed E-state index contributed by atoms with van der Waals surface area (Å²) in [6.07, 6.45) is 1.90. The molecule has 0 bridgehead atoms. The molecule has 0 aromatic heterocycles. The third-order valence-electron chi connectivity index (χ3n) is 1.44. The van der Waals surface area contributed by atoms with E-state index in [0.29, 0.717) is 0 Å². The molecule has 0 aliphatic heterocycles. The molecule has 0 saturated carbocycles. The van der Waals surface area contributed by atoms with Gasteiger partial charge in [-0.05, 0) is 6.42 Å². The Hall–Kier alpha value is -1.59. The van der Waals surface area contributed by atoms with Gasteiger partial charge in [-0.25, -0.2) is 4.79 Å². The van der Waals surface area contributed by atoms with Crippen LogP contribution >= 0.6 is 0 Å². The van der Waals surface area contributed by atoms with E-state index < -0.39 is 11.9 Å². The molecule has 1 amide bonds. The maximum Gasteiger partial charge on any atom is 0.335 e. The summed E-state index contributed by atoms with van der Waals surface area (Å²) >= 11 is 0. The average Bonchev–Trinajstić information content (AvgIpc) is 2.21. The zero-order valence-electron chi connectivity index (χ0n) is 8.37. The van der Waals surface area contributed by atoms with E-state index >= 15 is 0 Å². The topological polar surface area (TPSA) is 93.8 Å². The van der Waals surface area contributed by atoms with Crippen LogP contribution in [0.1, 0.15) is 26.2 Å². The lowest BCUT2D eigenvalue weighted by Crippen LogP contribution is -2.34. The van der Waals surface area contributed by atoms with E-state index in [1.165, 1.54) is 7.05 Å². The fourth-order valence-electron chi connectivity index (χ4n) is 0.636. The fraction of sp³-hybridized carbons (Fsp3) is 0.625. The molecule has 0 heterocycles. The lowest BCUT2D eigenvalue weighted by molar-refractivity contribution is -0.143. The molecule has 3 N–H and O–H groups in total. The Morgan fingerprint density at radius 1 is 1.50 bits per heavy atom. The van der Waals surface area contributed by atoms with Gasteiger partial charge < -0.3 is 15.9 Å². The molecule has 0 aliphatic rings. The molecule has 0 rings (SSSR count). The zero-order chi connectivity index (χ0) is 11.0. The van der Waals surface area contributed by atoms with Gasteiger partial charge >= 0.3 is 5.97 Å². The number of amidine groups is 1. The van der Waals surface area contributed by atoms with Crippen LogP contribution in [0.2, 0.25) is 0 Å². The van der Waals surface area contributed by atoms with Crippen LogP contribution in [-0.2, 0) is 14.4 Å². The Morgan fingerprint density at radius 2 is 2.14 bits per heavy atom. The van der Waals surface area contributed by atoms with Gasteiger partial charge in [0.2, 0.25) is 5.84 Å². The second kappa shape index (κ2) is 6.88. The summed E-state index contributed by atoms with van der Waals surface area (Å²) < 4.78 is 0. The van der Waals surface area contributed by atoms with E-state index in [2.05, 4.69) is 15.3 Å². The largest absolute Gasteiger partial charge is 0.376 e. The Morgan fingerprint density at radius 3 is 2.64 bits per heavy atom. The number of rotatable bonds is 4. The second-order valence-electron chi connectivity index (χ2n) is 2.62. The van der Waals surface area contributed by atoms with Crippen molar-refractivity contribution in [1.82, 2.24) is 5.32 Å². The summed E-state index contributed by atoms with van der Waals surface area (Å²) in [4.78, 5) is 26.1. The average molecular weight is 201 g/mol. The van der Waals surface area contributed by atoms with Gasteiger partial charge in [-0.2, -0.15) is 0 Å². The van der Waals surface area contributed by atoms with E-state index in [1.807, 2.05) is 6.92 Å². The van der Waals surface area contributed by atoms with Crippen LogP contribution in [0.25, 0.3) is 0 Å². The highest BCUT2D eigenvalue weighted by Gasteiger charge is 2.06. The van der Waals surface area contributed by atoms with Gasteiger partial charge in [-0.15, -0.1) is 0 Å². The van der Waals surface area contributed by atoms with Crippen molar-refractivity contribution < 1.29 is 14.4 Å². The third-order valence-corrected chi connectivity index (χ3v) is 1.44. The van der Waals surface area contributed by atoms with Crippen LogP contribution in [0.5, 0.6) is 0 Å². The van der Waals surface area contributed by atoms with Crippen LogP contribution < -0.4 is 11.1 Å². The molecular weight excluding hydrogens is 186 g/mol. The van der Waals surface area contributed by atoms with Gasteiger partial charge in [-0.3, -0.25) is 4.79 Å². The first-order chi connectivity index (χ1) is 6.61. The molecule has 14 heavy (non-hydrogen) atoms. The van der Waals surface area contributed by atoms with Crippen molar-refractivity contribution in [2.45, 2.75) is 26.2 Å². The number of nitrogens with one attached hydrogen (secondary N) is 1. The van der Waals surface area contributed by atoms with Crippen LogP contribution in [-0.4, -0.2) is 24.8 Å². The molecule has 0 fully saturated rings. The summed E-state index contributed by atoms with van der Waals surface area (Å²) in [6, 6.07) is 0. The second-order valence-corrected chi connectivity index (χ2v) is 2.62. The Labute approximate surface area is 82.5 Å². The molecule has 0 saturated heterocycles. The van der Waals surface area contributed by atoms with Crippen molar-refractivity contribution >= 4 is 17.7 Å². The van der Waals surface area contributed by atoms with Crippen molar-refractivity contribution in [2.75, 3.05) is 7.05 Å². The Balaban J connectivity index is 3.90. The minimum Gasteiger partial charge on any atom is -0.376 e. The highest BCUT2D eigenvalue weighted by Crippen LogP contribution is 1.96. The molecule has 6 nitrogen and oxygen atoms in total. The van der Waals surface area contributed by atoms with E-state index in [4.69, 9.17) is 5.73 Å². The summed E-state index contributed by atoms with van der Waals surface area (Å²) in [7, 11) is 1.41. The number of oxime groups is 1. The summed E-state index contributed by atoms with van der Waals surface area (Å²) in [5, 5.41) is 5.43. The first kappa shape index (κ1) is 12.4. The highest BCUT2D eigenvalue weighted by molar-refractivity contribution is 6.37. The fourth-order valence-corrected chi connectivity index (χ4v) is 0.636. The molecule has 0 unspecified atom stereocenters. The van der Waals surface area contributed by atoms with Crippen molar-refractivity contribution in [3.63, 3.8) is 0 Å². The lowest BCUT2D eigenvalue weighted by Gasteiger charge is -1.98. The monoisotopic (exact) mass is 201 g/mol. The molecule has 0 aromatic carbocycles. The van der Waals surface area contributed by atoms with E-state index in [0.717, 1.165) is 12.8 Å². The summed E-state index contributed by atoms with van der Waals surface area (Å²) in [5.41, 5.74) is 5.17. The molecule has 0 atom stereocenters.